The molecule has 2 saturated heterocycles. The maximum absolute atomic E-state index is 13.2. The van der Waals surface area contributed by atoms with Crippen LogP contribution in [0.15, 0.2) is 48.5 Å². The van der Waals surface area contributed by atoms with Gasteiger partial charge in [-0.25, -0.2) is 0 Å². The number of piperidine rings is 1. The molecule has 2 aromatic rings. The Labute approximate surface area is 194 Å². The van der Waals surface area contributed by atoms with Gasteiger partial charge in [0, 0.05) is 36.6 Å². The van der Waals surface area contributed by atoms with E-state index in [1.165, 1.54) is 12.1 Å². The van der Waals surface area contributed by atoms with Gasteiger partial charge in [0.2, 0.25) is 0 Å². The van der Waals surface area contributed by atoms with E-state index in [1.54, 1.807) is 19.2 Å². The average molecular weight is 461 g/mol. The monoisotopic (exact) mass is 460 g/mol. The van der Waals surface area contributed by atoms with Crippen LogP contribution in [0.2, 0.25) is 0 Å². The summed E-state index contributed by atoms with van der Waals surface area (Å²) in [5, 5.41) is 10.8. The number of hydrogen-bond acceptors (Lipinski definition) is 6. The quantitative estimate of drug-likeness (QED) is 0.346. The summed E-state index contributed by atoms with van der Waals surface area (Å²) in [6.45, 7) is 0.266. The fraction of sp³-hybridized carbons (Fsp3) is 0.458. The molecule has 0 saturated carbocycles. The third-order valence-electron chi connectivity index (χ3n) is 6.87. The van der Waals surface area contributed by atoms with Gasteiger partial charge >= 0.3 is 5.97 Å². The summed E-state index contributed by atoms with van der Waals surface area (Å²) >= 11 is 0. The van der Waals surface area contributed by atoms with Gasteiger partial charge in [-0.2, -0.15) is 0 Å². The minimum absolute atomic E-state index is 0. The standard InChI is InChI=1S/C24H28N2O5.ClH/c1-25-19-9-12-22(25)23(21(15-19)17-5-10-20(30-2)11-6-17)24(27)31-14-13-16-3-7-18(8-4-16)26(28)29;/h3-8,10-11,19,21-23H,9,12-15H2,1-2H3;1H/t19-,21-,22-,23+;/m1./s1. The molecule has 2 aliphatic rings. The number of rotatable bonds is 7. The lowest BCUT2D eigenvalue weighted by molar-refractivity contribution is -0.384. The molecule has 0 amide bonds. The summed E-state index contributed by atoms with van der Waals surface area (Å²) in [5.41, 5.74) is 2.12. The lowest BCUT2D eigenvalue weighted by Crippen LogP contribution is -2.49. The van der Waals surface area contributed by atoms with Crippen molar-refractivity contribution in [3.05, 3.63) is 69.8 Å². The van der Waals surface area contributed by atoms with Crippen molar-refractivity contribution < 1.29 is 19.2 Å². The first-order valence-electron chi connectivity index (χ1n) is 10.7. The van der Waals surface area contributed by atoms with Crippen molar-refractivity contribution in [2.45, 2.75) is 43.7 Å². The van der Waals surface area contributed by atoms with Crippen molar-refractivity contribution in [3.63, 3.8) is 0 Å². The van der Waals surface area contributed by atoms with Crippen molar-refractivity contribution in [3.8, 4) is 5.75 Å². The van der Waals surface area contributed by atoms with Crippen molar-refractivity contribution in [2.75, 3.05) is 20.8 Å². The second-order valence-corrected chi connectivity index (χ2v) is 8.45. The summed E-state index contributed by atoms with van der Waals surface area (Å²) in [7, 11) is 3.76. The number of hydrogen-bond donors (Lipinski definition) is 0. The highest BCUT2D eigenvalue weighted by molar-refractivity contribution is 5.85. The number of ether oxygens (including phenoxy) is 2. The van der Waals surface area contributed by atoms with Crippen molar-refractivity contribution in [1.29, 1.82) is 0 Å². The van der Waals surface area contributed by atoms with Crippen LogP contribution in [0.25, 0.3) is 0 Å². The number of benzene rings is 2. The number of nitro groups is 1. The molecule has 0 radical (unpaired) electrons. The molecule has 2 aliphatic heterocycles. The van der Waals surface area contributed by atoms with Crippen LogP contribution in [-0.4, -0.2) is 48.6 Å². The fourth-order valence-electron chi connectivity index (χ4n) is 5.13. The molecule has 172 valence electrons. The Hall–Kier alpha value is -2.64. The molecule has 4 atom stereocenters. The third kappa shape index (κ3) is 4.89. The Morgan fingerprint density at radius 2 is 1.81 bits per heavy atom. The zero-order chi connectivity index (χ0) is 22.0. The molecule has 2 bridgehead atoms. The van der Waals surface area contributed by atoms with Crippen LogP contribution in [0.5, 0.6) is 5.75 Å². The van der Waals surface area contributed by atoms with E-state index >= 15 is 0 Å². The van der Waals surface area contributed by atoms with E-state index in [2.05, 4.69) is 24.1 Å². The Bertz CT molecular complexity index is 934. The minimum atomic E-state index is -0.419. The molecule has 7 nitrogen and oxygen atoms in total. The molecule has 8 heteroatoms. The second kappa shape index (κ2) is 10.3. The molecule has 0 aliphatic carbocycles. The van der Waals surface area contributed by atoms with Crippen LogP contribution in [0, 0.1) is 16.0 Å². The first kappa shape index (κ1) is 24.0. The molecular weight excluding hydrogens is 432 g/mol. The number of non-ortho nitro benzene ring substituents is 1. The number of carbonyl (C=O) groups excluding carboxylic acids is 1. The number of halogens is 1. The predicted molar refractivity (Wildman–Crippen MR) is 123 cm³/mol. The van der Waals surface area contributed by atoms with Gasteiger partial charge in [-0.05, 0) is 49.6 Å². The normalized spacial score (nSPS) is 24.4. The van der Waals surface area contributed by atoms with Crippen LogP contribution >= 0.6 is 12.4 Å². The topological polar surface area (TPSA) is 81.9 Å². The van der Waals surface area contributed by atoms with Gasteiger partial charge in [0.1, 0.15) is 5.75 Å². The van der Waals surface area contributed by atoms with Gasteiger partial charge < -0.3 is 9.47 Å². The van der Waals surface area contributed by atoms with E-state index in [4.69, 9.17) is 9.47 Å². The van der Waals surface area contributed by atoms with Gasteiger partial charge in [0.05, 0.1) is 24.6 Å². The molecule has 2 heterocycles. The molecule has 0 unspecified atom stereocenters. The zero-order valence-corrected chi connectivity index (χ0v) is 19.1. The molecule has 2 fully saturated rings. The lowest BCUT2D eigenvalue weighted by Gasteiger charge is -2.42. The van der Waals surface area contributed by atoms with Crippen LogP contribution in [0.3, 0.4) is 0 Å². The maximum Gasteiger partial charge on any atom is 0.311 e. The maximum atomic E-state index is 13.2. The van der Waals surface area contributed by atoms with Gasteiger partial charge in [-0.1, -0.05) is 24.3 Å². The SMILES string of the molecule is COc1ccc([C@H]2C[C@H]3CC[C@H]([C@H]2C(=O)OCCc2ccc([N+](=O)[O-])cc2)N3C)cc1.Cl. The van der Waals surface area contributed by atoms with Crippen LogP contribution in [0.1, 0.15) is 36.3 Å². The largest absolute Gasteiger partial charge is 0.497 e. The molecule has 0 spiro atoms. The smallest absolute Gasteiger partial charge is 0.311 e. The van der Waals surface area contributed by atoms with Gasteiger partial charge in [-0.15, -0.1) is 12.4 Å². The molecule has 2 aromatic carbocycles. The van der Waals surface area contributed by atoms with Crippen molar-refractivity contribution >= 4 is 24.1 Å². The summed E-state index contributed by atoms with van der Waals surface area (Å²) in [4.78, 5) is 25.9. The Kier molecular flexibility index (Phi) is 7.74. The highest BCUT2D eigenvalue weighted by Crippen LogP contribution is 2.46. The number of methoxy groups -OCH3 is 1. The van der Waals surface area contributed by atoms with E-state index in [0.29, 0.717) is 12.5 Å². The summed E-state index contributed by atoms with van der Waals surface area (Å²) < 4.78 is 11.0. The van der Waals surface area contributed by atoms with Crippen LogP contribution < -0.4 is 4.74 Å². The van der Waals surface area contributed by atoms with E-state index in [-0.39, 0.29) is 48.5 Å². The van der Waals surface area contributed by atoms with Gasteiger partial charge in [-0.3, -0.25) is 19.8 Å². The van der Waals surface area contributed by atoms with E-state index < -0.39 is 4.92 Å². The fourth-order valence-corrected chi connectivity index (χ4v) is 5.13. The van der Waals surface area contributed by atoms with Crippen LogP contribution in [0.4, 0.5) is 5.69 Å². The number of fused-ring (bicyclic) bond motifs is 2. The molecule has 0 aromatic heterocycles. The summed E-state index contributed by atoms with van der Waals surface area (Å²) in [6, 6.07) is 15.1. The number of nitro benzene ring substituents is 1. The van der Waals surface area contributed by atoms with E-state index in [9.17, 15) is 14.9 Å². The number of nitrogens with zero attached hydrogens (tertiary/aromatic N) is 2. The van der Waals surface area contributed by atoms with Gasteiger partial charge in [0.25, 0.3) is 5.69 Å². The molecule has 4 rings (SSSR count). The zero-order valence-electron chi connectivity index (χ0n) is 18.3. The Balaban J connectivity index is 0.00000289. The summed E-state index contributed by atoms with van der Waals surface area (Å²) in [5.74, 6) is 0.585. The summed E-state index contributed by atoms with van der Waals surface area (Å²) in [6.07, 6.45) is 3.60. The van der Waals surface area contributed by atoms with Gasteiger partial charge in [0.15, 0.2) is 0 Å². The lowest BCUT2D eigenvalue weighted by atomic mass is 9.76. The Morgan fingerprint density at radius 3 is 2.44 bits per heavy atom. The molecule has 32 heavy (non-hydrogen) atoms. The Morgan fingerprint density at radius 1 is 1.12 bits per heavy atom. The van der Waals surface area contributed by atoms with E-state index in [0.717, 1.165) is 36.1 Å². The van der Waals surface area contributed by atoms with E-state index in [1.807, 2.05) is 12.1 Å². The number of esters is 1. The molecular formula is C24H29ClN2O5. The first-order valence-corrected chi connectivity index (χ1v) is 10.7. The predicted octanol–water partition coefficient (Wildman–Crippen LogP) is 4.38. The average Bonchev–Trinajstić information content (AvgIpc) is 3.01. The third-order valence-corrected chi connectivity index (χ3v) is 6.87. The first-order chi connectivity index (χ1) is 15.0. The molecule has 0 N–H and O–H groups in total. The second-order valence-electron chi connectivity index (χ2n) is 8.45. The minimum Gasteiger partial charge on any atom is -0.497 e. The number of carbonyl (C=O) groups is 1. The van der Waals surface area contributed by atoms with Crippen molar-refractivity contribution in [1.82, 2.24) is 4.90 Å². The van der Waals surface area contributed by atoms with Crippen molar-refractivity contribution in [2.24, 2.45) is 5.92 Å². The van der Waals surface area contributed by atoms with Crippen LogP contribution in [-0.2, 0) is 16.0 Å². The highest BCUT2D eigenvalue weighted by atomic mass is 35.5. The highest BCUT2D eigenvalue weighted by Gasteiger charge is 2.49.